The Bertz CT molecular complexity index is 1250. The summed E-state index contributed by atoms with van der Waals surface area (Å²) in [6, 6.07) is 23.5. The van der Waals surface area contributed by atoms with Gasteiger partial charge in [-0.2, -0.15) is 18.4 Å². The SMILES string of the molecule is CC(C#N)(OC(=O)c1ccc(-[s+]2c3ccccc3c3ccccc32)cc1)C(F)(F)F. The van der Waals surface area contributed by atoms with E-state index in [1.165, 1.54) is 12.1 Å². The molecule has 1 atom stereocenters. The van der Waals surface area contributed by atoms with E-state index in [1.54, 1.807) is 12.1 Å². The number of benzene rings is 3. The van der Waals surface area contributed by atoms with Crippen LogP contribution in [0.5, 0.6) is 0 Å². The maximum Gasteiger partial charge on any atom is 0.442 e. The van der Waals surface area contributed by atoms with Gasteiger partial charge in [-0.25, -0.2) is 4.79 Å². The number of carbonyl (C=O) groups is 1. The molecular formula is C23H15F3NO2S+. The van der Waals surface area contributed by atoms with Crippen LogP contribution in [0.3, 0.4) is 0 Å². The number of nitrogens with zero attached hydrogens (tertiary/aromatic N) is 1. The number of hydrogen-bond acceptors (Lipinski definition) is 3. The van der Waals surface area contributed by atoms with Gasteiger partial charge >= 0.3 is 12.1 Å². The monoisotopic (exact) mass is 426 g/mol. The Labute approximate surface area is 172 Å². The standard InChI is InChI=1S/C23H15F3NO2S/c1-22(14-27,23(24,25)26)29-21(28)15-10-12-16(13-11-15)30-19-8-4-2-6-17(19)18-7-3-5-9-20(18)30/h2-13H,1H3/q+1. The van der Waals surface area contributed by atoms with Crippen molar-refractivity contribution in [3.05, 3.63) is 78.4 Å². The summed E-state index contributed by atoms with van der Waals surface area (Å²) in [5.74, 6) is -1.20. The molecule has 150 valence electrons. The van der Waals surface area contributed by atoms with Gasteiger partial charge in [0, 0.05) is 21.2 Å². The minimum absolute atomic E-state index is 0.0474. The van der Waals surface area contributed by atoms with E-state index in [4.69, 9.17) is 5.26 Å². The summed E-state index contributed by atoms with van der Waals surface area (Å²) in [5, 5.41) is 11.1. The molecule has 0 aliphatic heterocycles. The van der Waals surface area contributed by atoms with Crippen LogP contribution in [0.1, 0.15) is 17.3 Å². The molecule has 0 aliphatic rings. The first-order chi connectivity index (χ1) is 14.2. The van der Waals surface area contributed by atoms with Crippen molar-refractivity contribution in [3.63, 3.8) is 0 Å². The van der Waals surface area contributed by atoms with Crippen molar-refractivity contribution in [2.75, 3.05) is 0 Å². The van der Waals surface area contributed by atoms with Crippen LogP contribution < -0.4 is 0 Å². The molecule has 1 aromatic heterocycles. The zero-order valence-electron chi connectivity index (χ0n) is 15.7. The number of nitriles is 1. The number of halogens is 3. The molecule has 4 aromatic rings. The summed E-state index contributed by atoms with van der Waals surface area (Å²) in [7, 11) is -0.381. The molecule has 0 N–H and O–H groups in total. The summed E-state index contributed by atoms with van der Waals surface area (Å²) in [6.07, 6.45) is -4.99. The van der Waals surface area contributed by atoms with Gasteiger partial charge in [0.25, 0.3) is 5.60 Å². The average Bonchev–Trinajstić information content (AvgIpc) is 3.07. The van der Waals surface area contributed by atoms with E-state index in [1.807, 2.05) is 24.3 Å². The van der Waals surface area contributed by atoms with E-state index in [-0.39, 0.29) is 16.0 Å². The average molecular weight is 426 g/mol. The predicted octanol–water partition coefficient (Wildman–Crippen LogP) is 6.73. The lowest BCUT2D eigenvalue weighted by Crippen LogP contribution is -2.45. The smallest absolute Gasteiger partial charge is 0.430 e. The second-order valence-electron chi connectivity index (χ2n) is 6.86. The van der Waals surface area contributed by atoms with Crippen molar-refractivity contribution in [1.29, 1.82) is 5.26 Å². The number of carbonyl (C=O) groups excluding carboxylic acids is 1. The maximum absolute atomic E-state index is 13.0. The van der Waals surface area contributed by atoms with Gasteiger partial charge in [0.05, 0.1) is 5.56 Å². The minimum atomic E-state index is -4.99. The molecule has 4 rings (SSSR count). The van der Waals surface area contributed by atoms with Crippen LogP contribution in [-0.4, -0.2) is 17.7 Å². The van der Waals surface area contributed by atoms with Crippen LogP contribution in [0.25, 0.3) is 25.1 Å². The highest BCUT2D eigenvalue weighted by Crippen LogP contribution is 2.48. The molecule has 1 heterocycles. The molecule has 0 radical (unpaired) electrons. The molecule has 0 saturated heterocycles. The van der Waals surface area contributed by atoms with Crippen LogP contribution in [0.4, 0.5) is 13.2 Å². The summed E-state index contributed by atoms with van der Waals surface area (Å²) >= 11 is 0. The predicted molar refractivity (Wildman–Crippen MR) is 111 cm³/mol. The lowest BCUT2D eigenvalue weighted by molar-refractivity contribution is -0.229. The topological polar surface area (TPSA) is 50.1 Å². The molecule has 0 saturated carbocycles. The maximum atomic E-state index is 13.0. The molecular weight excluding hydrogens is 411 g/mol. The van der Waals surface area contributed by atoms with Crippen LogP contribution in [-0.2, 0) is 4.74 Å². The van der Waals surface area contributed by atoms with Crippen molar-refractivity contribution < 1.29 is 22.7 Å². The summed E-state index contributed by atoms with van der Waals surface area (Å²) in [6.45, 7) is 0.535. The number of ether oxygens (including phenoxy) is 1. The van der Waals surface area contributed by atoms with Crippen molar-refractivity contribution in [3.8, 4) is 11.0 Å². The van der Waals surface area contributed by atoms with Crippen LogP contribution in [0.15, 0.2) is 72.8 Å². The summed E-state index contributed by atoms with van der Waals surface area (Å²) < 4.78 is 45.9. The number of rotatable bonds is 3. The normalized spacial score (nSPS) is 13.7. The number of alkyl halides is 3. The fourth-order valence-electron chi connectivity index (χ4n) is 3.22. The third kappa shape index (κ3) is 3.19. The van der Waals surface area contributed by atoms with Crippen molar-refractivity contribution in [1.82, 2.24) is 0 Å². The molecule has 0 bridgehead atoms. The fourth-order valence-corrected chi connectivity index (χ4v) is 5.60. The van der Waals surface area contributed by atoms with Gasteiger partial charge in [0.1, 0.15) is 6.07 Å². The van der Waals surface area contributed by atoms with Gasteiger partial charge in [-0.15, -0.1) is 0 Å². The Kier molecular flexibility index (Phi) is 4.75. The first kappa shape index (κ1) is 19.9. The van der Waals surface area contributed by atoms with Gasteiger partial charge in [0.2, 0.25) is 0 Å². The van der Waals surface area contributed by atoms with Gasteiger partial charge in [-0.05, 0) is 55.5 Å². The van der Waals surface area contributed by atoms with Crippen LogP contribution >= 0.6 is 10.5 Å². The van der Waals surface area contributed by atoms with Crippen LogP contribution in [0, 0.1) is 11.3 Å². The molecule has 3 nitrogen and oxygen atoms in total. The largest absolute Gasteiger partial charge is 0.442 e. The van der Waals surface area contributed by atoms with Gasteiger partial charge in [-0.1, -0.05) is 24.3 Å². The second kappa shape index (κ2) is 7.15. The highest BCUT2D eigenvalue weighted by molar-refractivity contribution is 7.50. The number of thiophene rings is 1. The van der Waals surface area contributed by atoms with Crippen LogP contribution in [0.2, 0.25) is 0 Å². The quantitative estimate of drug-likeness (QED) is 0.269. The number of esters is 1. The zero-order valence-corrected chi connectivity index (χ0v) is 16.6. The molecule has 3 aromatic carbocycles. The van der Waals surface area contributed by atoms with E-state index in [2.05, 4.69) is 29.0 Å². The van der Waals surface area contributed by atoms with Gasteiger partial charge < -0.3 is 4.74 Å². The van der Waals surface area contributed by atoms with Crippen molar-refractivity contribution >= 4 is 36.6 Å². The highest BCUT2D eigenvalue weighted by atomic mass is 32.2. The molecule has 0 aliphatic carbocycles. The molecule has 0 fully saturated rings. The number of fused-ring (bicyclic) bond motifs is 3. The number of hydrogen-bond donors (Lipinski definition) is 0. The Hall–Kier alpha value is -3.37. The first-order valence-electron chi connectivity index (χ1n) is 8.99. The highest BCUT2D eigenvalue weighted by Gasteiger charge is 2.55. The Balaban J connectivity index is 1.73. The molecule has 0 spiro atoms. The summed E-state index contributed by atoms with van der Waals surface area (Å²) in [5.41, 5.74) is -3.25. The Morgan fingerprint density at radius 3 is 1.87 bits per heavy atom. The fraction of sp³-hybridized carbons (Fsp3) is 0.130. The summed E-state index contributed by atoms with van der Waals surface area (Å²) in [4.78, 5) is 13.2. The van der Waals surface area contributed by atoms with E-state index in [9.17, 15) is 18.0 Å². The van der Waals surface area contributed by atoms with E-state index in [0.717, 1.165) is 31.1 Å². The van der Waals surface area contributed by atoms with E-state index in [0.29, 0.717) is 6.92 Å². The molecule has 0 amide bonds. The minimum Gasteiger partial charge on any atom is -0.430 e. The lowest BCUT2D eigenvalue weighted by atomic mass is 10.1. The molecule has 30 heavy (non-hydrogen) atoms. The third-order valence-corrected chi connectivity index (χ3v) is 7.22. The second-order valence-corrected chi connectivity index (χ2v) is 8.82. The van der Waals surface area contributed by atoms with E-state index >= 15 is 0 Å². The van der Waals surface area contributed by atoms with Gasteiger partial charge in [-0.3, -0.25) is 0 Å². The van der Waals surface area contributed by atoms with E-state index < -0.39 is 17.7 Å². The van der Waals surface area contributed by atoms with Gasteiger partial charge in [0.15, 0.2) is 14.3 Å². The Morgan fingerprint density at radius 1 is 0.900 bits per heavy atom. The first-order valence-corrected chi connectivity index (χ1v) is 10.2. The Morgan fingerprint density at radius 2 is 1.40 bits per heavy atom. The third-order valence-electron chi connectivity index (χ3n) is 4.88. The lowest BCUT2D eigenvalue weighted by Gasteiger charge is -2.24. The molecule has 7 heteroatoms. The van der Waals surface area contributed by atoms with Crippen molar-refractivity contribution in [2.45, 2.75) is 18.7 Å². The molecule has 1 unspecified atom stereocenters. The zero-order chi connectivity index (χ0) is 21.5. The van der Waals surface area contributed by atoms with Crippen molar-refractivity contribution in [2.24, 2.45) is 0 Å².